The van der Waals surface area contributed by atoms with E-state index in [2.05, 4.69) is 5.32 Å². The number of sulfonamides is 1. The molecule has 2 aromatic carbocycles. The molecule has 1 N–H and O–H groups in total. The molecule has 27 heavy (non-hydrogen) atoms. The molecule has 0 radical (unpaired) electrons. The second-order valence-corrected chi connectivity index (χ2v) is 8.04. The van der Waals surface area contributed by atoms with Gasteiger partial charge < -0.3 is 10.1 Å². The monoisotopic (exact) mass is 394 g/mol. The Labute approximate surface area is 159 Å². The molecule has 0 unspecified atom stereocenters. The largest absolute Gasteiger partial charge is 0.496 e. The lowest BCUT2D eigenvalue weighted by atomic mass is 10.1. The SMILES string of the molecule is COc1ccccc1CNC(=O)CN(CCc1ccc(F)cc1)S(C)(=O)=O. The van der Waals surface area contributed by atoms with E-state index in [0.717, 1.165) is 21.7 Å². The van der Waals surface area contributed by atoms with Gasteiger partial charge in [0.25, 0.3) is 0 Å². The van der Waals surface area contributed by atoms with Gasteiger partial charge in [0.15, 0.2) is 0 Å². The van der Waals surface area contributed by atoms with E-state index in [0.29, 0.717) is 12.2 Å². The molecule has 2 aromatic rings. The summed E-state index contributed by atoms with van der Waals surface area (Å²) in [5.74, 6) is -0.117. The number of nitrogens with one attached hydrogen (secondary N) is 1. The Hall–Kier alpha value is -2.45. The first-order valence-corrected chi connectivity index (χ1v) is 10.2. The van der Waals surface area contributed by atoms with Crippen molar-refractivity contribution >= 4 is 15.9 Å². The smallest absolute Gasteiger partial charge is 0.235 e. The van der Waals surface area contributed by atoms with Crippen molar-refractivity contribution in [2.75, 3.05) is 26.5 Å². The van der Waals surface area contributed by atoms with Crippen molar-refractivity contribution in [3.05, 3.63) is 65.5 Å². The number of para-hydroxylation sites is 1. The molecule has 0 aliphatic carbocycles. The van der Waals surface area contributed by atoms with Gasteiger partial charge in [0.05, 0.1) is 19.9 Å². The molecular weight excluding hydrogens is 371 g/mol. The maximum Gasteiger partial charge on any atom is 0.235 e. The van der Waals surface area contributed by atoms with Crippen molar-refractivity contribution in [2.45, 2.75) is 13.0 Å². The van der Waals surface area contributed by atoms with Crippen LogP contribution >= 0.6 is 0 Å². The molecule has 0 aliphatic heterocycles. The first-order valence-electron chi connectivity index (χ1n) is 8.38. The van der Waals surface area contributed by atoms with Gasteiger partial charge in [-0.3, -0.25) is 4.79 Å². The molecule has 0 saturated carbocycles. The summed E-state index contributed by atoms with van der Waals surface area (Å²) in [5, 5.41) is 2.71. The number of halogens is 1. The maximum atomic E-state index is 13.0. The van der Waals surface area contributed by atoms with Crippen molar-refractivity contribution in [2.24, 2.45) is 0 Å². The number of benzene rings is 2. The third kappa shape index (κ3) is 6.65. The van der Waals surface area contributed by atoms with Crippen LogP contribution in [0.4, 0.5) is 4.39 Å². The highest BCUT2D eigenvalue weighted by Crippen LogP contribution is 2.16. The minimum atomic E-state index is -3.56. The van der Waals surface area contributed by atoms with Crippen LogP contribution in [0.3, 0.4) is 0 Å². The molecule has 1 amide bonds. The van der Waals surface area contributed by atoms with E-state index in [1.807, 2.05) is 18.2 Å². The van der Waals surface area contributed by atoms with Gasteiger partial charge in [0.1, 0.15) is 11.6 Å². The van der Waals surface area contributed by atoms with E-state index >= 15 is 0 Å². The van der Waals surface area contributed by atoms with E-state index in [1.165, 1.54) is 12.1 Å². The zero-order chi connectivity index (χ0) is 19.9. The van der Waals surface area contributed by atoms with Crippen molar-refractivity contribution in [1.82, 2.24) is 9.62 Å². The normalized spacial score (nSPS) is 11.4. The Kier molecular flexibility index (Phi) is 7.32. The Bertz CT molecular complexity index is 870. The summed E-state index contributed by atoms with van der Waals surface area (Å²) in [6.07, 6.45) is 1.44. The average Bonchev–Trinajstić information content (AvgIpc) is 2.64. The number of nitrogens with zero attached hydrogens (tertiary/aromatic N) is 1. The van der Waals surface area contributed by atoms with E-state index in [9.17, 15) is 17.6 Å². The second kappa shape index (κ2) is 9.48. The maximum absolute atomic E-state index is 13.0. The van der Waals surface area contributed by atoms with Gasteiger partial charge in [-0.05, 0) is 30.2 Å². The second-order valence-electron chi connectivity index (χ2n) is 6.06. The Balaban J connectivity index is 1.94. The molecule has 8 heteroatoms. The van der Waals surface area contributed by atoms with Crippen LogP contribution in [0.2, 0.25) is 0 Å². The first-order chi connectivity index (χ1) is 12.8. The lowest BCUT2D eigenvalue weighted by Gasteiger charge is -2.19. The van der Waals surface area contributed by atoms with Crippen LogP contribution in [-0.2, 0) is 27.8 Å². The van der Waals surface area contributed by atoms with Crippen LogP contribution in [0.5, 0.6) is 5.75 Å². The fraction of sp³-hybridized carbons (Fsp3) is 0.316. The topological polar surface area (TPSA) is 75.7 Å². The highest BCUT2D eigenvalue weighted by atomic mass is 32.2. The molecule has 0 fully saturated rings. The van der Waals surface area contributed by atoms with Crippen LogP contribution in [0.25, 0.3) is 0 Å². The number of ether oxygens (including phenoxy) is 1. The van der Waals surface area contributed by atoms with E-state index in [1.54, 1.807) is 25.3 Å². The summed E-state index contributed by atoms with van der Waals surface area (Å²) >= 11 is 0. The molecule has 0 spiro atoms. The highest BCUT2D eigenvalue weighted by molar-refractivity contribution is 7.88. The van der Waals surface area contributed by atoms with Crippen LogP contribution in [0.1, 0.15) is 11.1 Å². The summed E-state index contributed by atoms with van der Waals surface area (Å²) in [6.45, 7) is 0.0835. The van der Waals surface area contributed by atoms with Crippen LogP contribution in [0.15, 0.2) is 48.5 Å². The van der Waals surface area contributed by atoms with Crippen molar-refractivity contribution < 1.29 is 22.3 Å². The third-order valence-corrected chi connectivity index (χ3v) is 5.27. The fourth-order valence-electron chi connectivity index (χ4n) is 2.53. The molecule has 0 aromatic heterocycles. The van der Waals surface area contributed by atoms with Crippen molar-refractivity contribution in [3.8, 4) is 5.75 Å². The summed E-state index contributed by atoms with van der Waals surface area (Å²) in [6, 6.07) is 13.1. The predicted molar refractivity (Wildman–Crippen MR) is 101 cm³/mol. The average molecular weight is 394 g/mol. The van der Waals surface area contributed by atoms with E-state index in [-0.39, 0.29) is 25.5 Å². The van der Waals surface area contributed by atoms with E-state index in [4.69, 9.17) is 4.74 Å². The number of amides is 1. The Morgan fingerprint density at radius 2 is 1.81 bits per heavy atom. The molecule has 0 heterocycles. The van der Waals surface area contributed by atoms with Crippen molar-refractivity contribution in [1.29, 1.82) is 0 Å². The molecule has 146 valence electrons. The number of carbonyl (C=O) groups is 1. The lowest BCUT2D eigenvalue weighted by Crippen LogP contribution is -2.41. The van der Waals surface area contributed by atoms with Gasteiger partial charge in [-0.2, -0.15) is 4.31 Å². The Morgan fingerprint density at radius 3 is 2.44 bits per heavy atom. The molecule has 0 atom stereocenters. The molecule has 2 rings (SSSR count). The standard InChI is InChI=1S/C19H23FN2O4S/c1-26-18-6-4-3-5-16(18)13-21-19(23)14-22(27(2,24)25)12-11-15-7-9-17(20)10-8-15/h3-10H,11-14H2,1-2H3,(H,21,23). The number of hydrogen-bond acceptors (Lipinski definition) is 4. The summed E-state index contributed by atoms with van der Waals surface area (Å²) in [5.41, 5.74) is 1.59. The molecule has 0 saturated heterocycles. The number of hydrogen-bond donors (Lipinski definition) is 1. The van der Waals surface area contributed by atoms with Gasteiger partial charge in [-0.1, -0.05) is 30.3 Å². The zero-order valence-electron chi connectivity index (χ0n) is 15.3. The van der Waals surface area contributed by atoms with Gasteiger partial charge in [0.2, 0.25) is 15.9 Å². The summed E-state index contributed by atoms with van der Waals surface area (Å²) < 4.78 is 43.3. The van der Waals surface area contributed by atoms with E-state index < -0.39 is 15.9 Å². The molecule has 6 nitrogen and oxygen atoms in total. The van der Waals surface area contributed by atoms with Gasteiger partial charge in [-0.25, -0.2) is 12.8 Å². The summed E-state index contributed by atoms with van der Waals surface area (Å²) in [4.78, 5) is 12.2. The molecular formula is C19H23FN2O4S. The first kappa shape index (κ1) is 20.9. The number of carbonyl (C=O) groups excluding carboxylic acids is 1. The van der Waals surface area contributed by atoms with Crippen LogP contribution in [0, 0.1) is 5.82 Å². The quantitative estimate of drug-likeness (QED) is 0.705. The van der Waals surface area contributed by atoms with Gasteiger partial charge in [-0.15, -0.1) is 0 Å². The third-order valence-electron chi connectivity index (χ3n) is 4.02. The molecule has 0 bridgehead atoms. The van der Waals surface area contributed by atoms with Gasteiger partial charge >= 0.3 is 0 Å². The highest BCUT2D eigenvalue weighted by Gasteiger charge is 2.20. The minimum Gasteiger partial charge on any atom is -0.496 e. The van der Waals surface area contributed by atoms with Gasteiger partial charge in [0, 0.05) is 18.7 Å². The predicted octanol–water partition coefficient (Wildman–Crippen LogP) is 1.95. The molecule has 0 aliphatic rings. The lowest BCUT2D eigenvalue weighted by molar-refractivity contribution is -0.121. The van der Waals surface area contributed by atoms with Crippen LogP contribution < -0.4 is 10.1 Å². The number of methoxy groups -OCH3 is 1. The summed E-state index contributed by atoms with van der Waals surface area (Å²) in [7, 11) is -2.02. The zero-order valence-corrected chi connectivity index (χ0v) is 16.1. The number of rotatable bonds is 9. The minimum absolute atomic E-state index is 0.131. The Morgan fingerprint density at radius 1 is 1.15 bits per heavy atom. The van der Waals surface area contributed by atoms with Crippen LogP contribution in [-0.4, -0.2) is 45.1 Å². The van der Waals surface area contributed by atoms with Crippen molar-refractivity contribution in [3.63, 3.8) is 0 Å². The fourth-order valence-corrected chi connectivity index (χ4v) is 3.30.